The highest BCUT2D eigenvalue weighted by molar-refractivity contribution is 7.11. The third-order valence-corrected chi connectivity index (χ3v) is 3.94. The van der Waals surface area contributed by atoms with Crippen LogP contribution in [0.15, 0.2) is 17.1 Å². The van der Waals surface area contributed by atoms with Crippen LogP contribution in [0.1, 0.15) is 30.0 Å². The molecule has 0 saturated carbocycles. The second-order valence-corrected chi connectivity index (χ2v) is 5.60. The van der Waals surface area contributed by atoms with Crippen molar-refractivity contribution in [3.8, 4) is 0 Å². The number of nitrogens with one attached hydrogen (secondary N) is 3. The van der Waals surface area contributed by atoms with Crippen molar-refractivity contribution in [1.82, 2.24) is 16.0 Å². The summed E-state index contributed by atoms with van der Waals surface area (Å²) in [6.07, 6.45) is 2.01. The molecule has 1 aromatic rings. The molecular weight excluding hydrogens is 272 g/mol. The minimum Gasteiger partial charge on any atom is -0.355 e. The van der Waals surface area contributed by atoms with Crippen LogP contribution in [0, 0.1) is 0 Å². The molecule has 0 radical (unpaired) electrons. The van der Waals surface area contributed by atoms with Gasteiger partial charge >= 0.3 is 0 Å². The van der Waals surface area contributed by atoms with E-state index in [-0.39, 0.29) is 12.5 Å². The summed E-state index contributed by atoms with van der Waals surface area (Å²) in [6, 6.07) is 4.27. The summed E-state index contributed by atoms with van der Waals surface area (Å²) in [4.78, 5) is 18.2. The maximum atomic E-state index is 11.5. The topological polar surface area (TPSA) is 65.5 Å². The van der Waals surface area contributed by atoms with E-state index in [1.807, 2.05) is 6.92 Å². The summed E-state index contributed by atoms with van der Waals surface area (Å²) in [6.45, 7) is 5.85. The Kier molecular flexibility index (Phi) is 7.72. The lowest BCUT2D eigenvalue weighted by Gasteiger charge is -2.11. The van der Waals surface area contributed by atoms with Gasteiger partial charge in [0, 0.05) is 23.3 Å². The number of amides is 1. The van der Waals surface area contributed by atoms with E-state index in [0.29, 0.717) is 12.5 Å². The second-order valence-electron chi connectivity index (χ2n) is 4.35. The second kappa shape index (κ2) is 9.36. The van der Waals surface area contributed by atoms with Crippen LogP contribution < -0.4 is 16.0 Å². The van der Waals surface area contributed by atoms with Crippen LogP contribution in [0.25, 0.3) is 0 Å². The average Bonchev–Trinajstić information content (AvgIpc) is 2.93. The van der Waals surface area contributed by atoms with Gasteiger partial charge in [0.1, 0.15) is 0 Å². The smallest absolute Gasteiger partial charge is 0.239 e. The quantitative estimate of drug-likeness (QED) is 0.528. The van der Waals surface area contributed by atoms with E-state index in [0.717, 1.165) is 19.4 Å². The molecule has 0 atom stereocenters. The van der Waals surface area contributed by atoms with Gasteiger partial charge in [0.05, 0.1) is 13.1 Å². The van der Waals surface area contributed by atoms with E-state index in [9.17, 15) is 4.79 Å². The number of aliphatic imine (C=N–C) groups is 1. The Morgan fingerprint density at radius 2 is 1.95 bits per heavy atom. The Labute approximate surface area is 124 Å². The van der Waals surface area contributed by atoms with Gasteiger partial charge in [0.25, 0.3) is 0 Å². The SMILES string of the molecule is CCCNC(=O)CNC(=NC)NCc1ccc(CC)s1. The third kappa shape index (κ3) is 6.06. The molecule has 1 aromatic heterocycles. The lowest BCUT2D eigenvalue weighted by Crippen LogP contribution is -2.42. The highest BCUT2D eigenvalue weighted by Gasteiger charge is 2.04. The Morgan fingerprint density at radius 3 is 2.55 bits per heavy atom. The molecule has 0 aliphatic carbocycles. The molecule has 0 bridgehead atoms. The zero-order chi connectivity index (χ0) is 14.8. The van der Waals surface area contributed by atoms with Gasteiger partial charge in [-0.2, -0.15) is 0 Å². The first kappa shape index (κ1) is 16.5. The summed E-state index contributed by atoms with van der Waals surface area (Å²) in [5.41, 5.74) is 0. The highest BCUT2D eigenvalue weighted by atomic mass is 32.1. The first-order valence-electron chi connectivity index (χ1n) is 6.98. The number of guanidine groups is 1. The zero-order valence-electron chi connectivity index (χ0n) is 12.5. The Balaban J connectivity index is 2.31. The Hall–Kier alpha value is -1.56. The third-order valence-electron chi connectivity index (χ3n) is 2.71. The van der Waals surface area contributed by atoms with Gasteiger partial charge in [0.15, 0.2) is 5.96 Å². The summed E-state index contributed by atoms with van der Waals surface area (Å²) >= 11 is 1.80. The van der Waals surface area contributed by atoms with Crippen molar-refractivity contribution in [3.05, 3.63) is 21.9 Å². The van der Waals surface area contributed by atoms with Crippen molar-refractivity contribution in [2.24, 2.45) is 4.99 Å². The zero-order valence-corrected chi connectivity index (χ0v) is 13.3. The molecule has 0 aromatic carbocycles. The number of hydrogen-bond donors (Lipinski definition) is 3. The lowest BCUT2D eigenvalue weighted by atomic mass is 10.4. The van der Waals surface area contributed by atoms with Crippen LogP contribution >= 0.6 is 11.3 Å². The van der Waals surface area contributed by atoms with Crippen LogP contribution in [-0.4, -0.2) is 32.0 Å². The molecule has 0 saturated heterocycles. The fraction of sp³-hybridized carbons (Fsp3) is 0.571. The molecule has 0 unspecified atom stereocenters. The van der Waals surface area contributed by atoms with Crippen LogP contribution in [0.3, 0.4) is 0 Å². The number of rotatable bonds is 7. The van der Waals surface area contributed by atoms with Crippen molar-refractivity contribution in [3.63, 3.8) is 0 Å². The van der Waals surface area contributed by atoms with Crippen molar-refractivity contribution in [2.45, 2.75) is 33.2 Å². The van der Waals surface area contributed by atoms with Gasteiger partial charge < -0.3 is 16.0 Å². The predicted molar refractivity (Wildman–Crippen MR) is 85.2 cm³/mol. The fourth-order valence-corrected chi connectivity index (χ4v) is 2.49. The van der Waals surface area contributed by atoms with Gasteiger partial charge in [-0.1, -0.05) is 13.8 Å². The molecule has 0 aliphatic rings. The minimum atomic E-state index is -0.0146. The first-order valence-corrected chi connectivity index (χ1v) is 7.80. The summed E-state index contributed by atoms with van der Waals surface area (Å²) < 4.78 is 0. The van der Waals surface area contributed by atoms with E-state index >= 15 is 0 Å². The molecule has 0 spiro atoms. The summed E-state index contributed by atoms with van der Waals surface area (Å²) in [7, 11) is 1.70. The number of carbonyl (C=O) groups excluding carboxylic acids is 1. The monoisotopic (exact) mass is 296 g/mol. The van der Waals surface area contributed by atoms with Crippen LogP contribution in [0.4, 0.5) is 0 Å². The number of nitrogens with zero attached hydrogens (tertiary/aromatic N) is 1. The predicted octanol–water partition coefficient (Wildman–Crippen LogP) is 1.50. The molecule has 6 heteroatoms. The first-order chi connectivity index (χ1) is 9.69. The van der Waals surface area contributed by atoms with Gasteiger partial charge in [-0.05, 0) is 25.0 Å². The molecule has 1 heterocycles. The molecule has 1 rings (SSSR count). The number of hydrogen-bond acceptors (Lipinski definition) is 3. The average molecular weight is 296 g/mol. The van der Waals surface area contributed by atoms with E-state index in [1.54, 1.807) is 18.4 Å². The van der Waals surface area contributed by atoms with Crippen LogP contribution in [0.5, 0.6) is 0 Å². The Bertz CT molecular complexity index is 442. The molecular formula is C14H24N4OS. The number of aryl methyl sites for hydroxylation is 1. The molecule has 0 fully saturated rings. The summed E-state index contributed by atoms with van der Waals surface area (Å²) in [5, 5.41) is 9.02. The van der Waals surface area contributed by atoms with Gasteiger partial charge in [-0.3, -0.25) is 9.79 Å². The van der Waals surface area contributed by atoms with Gasteiger partial charge in [0.2, 0.25) is 5.91 Å². The normalized spacial score (nSPS) is 11.2. The molecule has 0 aliphatic heterocycles. The van der Waals surface area contributed by atoms with Gasteiger partial charge in [-0.25, -0.2) is 0 Å². The van der Waals surface area contributed by atoms with E-state index in [4.69, 9.17) is 0 Å². The largest absolute Gasteiger partial charge is 0.355 e. The maximum Gasteiger partial charge on any atom is 0.239 e. The van der Waals surface area contributed by atoms with Crippen molar-refractivity contribution >= 4 is 23.2 Å². The van der Waals surface area contributed by atoms with E-state index in [1.165, 1.54) is 9.75 Å². The fourth-order valence-electron chi connectivity index (χ4n) is 1.59. The molecule has 20 heavy (non-hydrogen) atoms. The molecule has 1 amide bonds. The maximum absolute atomic E-state index is 11.5. The van der Waals surface area contributed by atoms with E-state index in [2.05, 4.69) is 40.0 Å². The number of carbonyl (C=O) groups is 1. The van der Waals surface area contributed by atoms with Crippen molar-refractivity contribution < 1.29 is 4.79 Å². The van der Waals surface area contributed by atoms with Crippen molar-refractivity contribution in [1.29, 1.82) is 0 Å². The number of thiophene rings is 1. The Morgan fingerprint density at radius 1 is 1.20 bits per heavy atom. The molecule has 5 nitrogen and oxygen atoms in total. The molecule has 112 valence electrons. The summed E-state index contributed by atoms with van der Waals surface area (Å²) in [5.74, 6) is 0.627. The van der Waals surface area contributed by atoms with Gasteiger partial charge in [-0.15, -0.1) is 11.3 Å². The lowest BCUT2D eigenvalue weighted by molar-refractivity contribution is -0.120. The standard InChI is InChI=1S/C14H24N4OS/c1-4-8-16-13(19)10-18-14(15-3)17-9-12-7-6-11(5-2)20-12/h6-7H,4-5,8-10H2,1-3H3,(H,16,19)(H2,15,17,18). The highest BCUT2D eigenvalue weighted by Crippen LogP contribution is 2.16. The van der Waals surface area contributed by atoms with Crippen LogP contribution in [0.2, 0.25) is 0 Å². The minimum absolute atomic E-state index is 0.0146. The van der Waals surface area contributed by atoms with E-state index < -0.39 is 0 Å². The van der Waals surface area contributed by atoms with Crippen LogP contribution in [-0.2, 0) is 17.8 Å². The van der Waals surface area contributed by atoms with Crippen molar-refractivity contribution in [2.75, 3.05) is 20.1 Å². The molecule has 3 N–H and O–H groups in total.